The standard InChI is InChI=1S/C12H14FN5O2S/c1-15-11-10(13)6-16-12(18-11)17-9-4-2-3-8(5-9)7-21(14,19)20/h2-6H,7H2,1H3,(H2,14,19,20)(H2,15,16,17,18). The number of primary sulfonamides is 1. The van der Waals surface area contributed by atoms with Crippen molar-refractivity contribution in [3.8, 4) is 0 Å². The summed E-state index contributed by atoms with van der Waals surface area (Å²) in [5.41, 5.74) is 1.10. The first-order valence-electron chi connectivity index (χ1n) is 5.94. The van der Waals surface area contributed by atoms with Crippen LogP contribution in [0, 0.1) is 5.82 Å². The molecular weight excluding hydrogens is 297 g/mol. The fourth-order valence-corrected chi connectivity index (χ4v) is 2.35. The highest BCUT2D eigenvalue weighted by molar-refractivity contribution is 7.88. The number of aromatic nitrogens is 2. The fourth-order valence-electron chi connectivity index (χ4n) is 1.70. The zero-order valence-electron chi connectivity index (χ0n) is 11.2. The van der Waals surface area contributed by atoms with Crippen LogP contribution in [0.3, 0.4) is 0 Å². The maximum absolute atomic E-state index is 13.3. The minimum Gasteiger partial charge on any atom is -0.371 e. The van der Waals surface area contributed by atoms with Crippen molar-refractivity contribution in [1.29, 1.82) is 0 Å². The van der Waals surface area contributed by atoms with E-state index in [0.29, 0.717) is 11.3 Å². The highest BCUT2D eigenvalue weighted by Crippen LogP contribution is 2.18. The van der Waals surface area contributed by atoms with Crippen LogP contribution < -0.4 is 15.8 Å². The van der Waals surface area contributed by atoms with Crippen LogP contribution in [0.4, 0.5) is 21.8 Å². The molecule has 7 nitrogen and oxygen atoms in total. The summed E-state index contributed by atoms with van der Waals surface area (Å²) in [7, 11) is -2.06. The molecule has 21 heavy (non-hydrogen) atoms. The summed E-state index contributed by atoms with van der Waals surface area (Å²) in [5, 5.41) is 10.5. The molecule has 0 spiro atoms. The molecule has 1 aromatic heterocycles. The van der Waals surface area contributed by atoms with Crippen LogP contribution in [0.2, 0.25) is 0 Å². The Morgan fingerprint density at radius 2 is 2.14 bits per heavy atom. The number of hydrogen-bond donors (Lipinski definition) is 3. The Labute approximate surface area is 121 Å². The zero-order chi connectivity index (χ0) is 15.5. The predicted octanol–water partition coefficient (Wildman–Crippen LogP) is 1.19. The molecule has 0 saturated carbocycles. The SMILES string of the molecule is CNc1nc(Nc2cccc(CS(N)(=O)=O)c2)ncc1F. The van der Waals surface area contributed by atoms with Gasteiger partial charge in [-0.1, -0.05) is 12.1 Å². The molecule has 0 radical (unpaired) electrons. The minimum absolute atomic E-state index is 0.0631. The van der Waals surface area contributed by atoms with Crippen LogP contribution in [-0.4, -0.2) is 25.4 Å². The van der Waals surface area contributed by atoms with Crippen LogP contribution in [0.1, 0.15) is 5.56 Å². The number of benzene rings is 1. The monoisotopic (exact) mass is 311 g/mol. The lowest BCUT2D eigenvalue weighted by molar-refractivity contribution is 0.597. The van der Waals surface area contributed by atoms with Crippen molar-refractivity contribution in [3.05, 3.63) is 41.8 Å². The third-order valence-electron chi connectivity index (χ3n) is 2.53. The van der Waals surface area contributed by atoms with E-state index in [4.69, 9.17) is 5.14 Å². The molecule has 0 fully saturated rings. The molecule has 2 aromatic rings. The molecule has 112 valence electrons. The van der Waals surface area contributed by atoms with Crippen molar-refractivity contribution in [1.82, 2.24) is 9.97 Å². The van der Waals surface area contributed by atoms with Crippen LogP contribution in [0.15, 0.2) is 30.5 Å². The quantitative estimate of drug-likeness (QED) is 0.765. The first-order chi connectivity index (χ1) is 9.87. The van der Waals surface area contributed by atoms with E-state index >= 15 is 0 Å². The largest absolute Gasteiger partial charge is 0.371 e. The van der Waals surface area contributed by atoms with Crippen LogP contribution in [-0.2, 0) is 15.8 Å². The molecule has 2 rings (SSSR count). The highest BCUT2D eigenvalue weighted by Gasteiger charge is 2.08. The van der Waals surface area contributed by atoms with Crippen molar-refractivity contribution in [2.75, 3.05) is 17.7 Å². The van der Waals surface area contributed by atoms with Crippen molar-refractivity contribution in [2.24, 2.45) is 5.14 Å². The van der Waals surface area contributed by atoms with Crippen LogP contribution in [0.25, 0.3) is 0 Å². The third-order valence-corrected chi connectivity index (χ3v) is 3.27. The normalized spacial score (nSPS) is 11.2. The molecule has 0 unspecified atom stereocenters. The second-order valence-electron chi connectivity index (χ2n) is 4.27. The number of halogens is 1. The van der Waals surface area contributed by atoms with Gasteiger partial charge in [0, 0.05) is 12.7 Å². The second kappa shape index (κ2) is 6.02. The number of sulfonamides is 1. The Hall–Kier alpha value is -2.26. The minimum atomic E-state index is -3.60. The van der Waals surface area contributed by atoms with Gasteiger partial charge in [0.15, 0.2) is 11.6 Å². The van der Waals surface area contributed by atoms with Crippen molar-refractivity contribution < 1.29 is 12.8 Å². The first-order valence-corrected chi connectivity index (χ1v) is 7.65. The van der Waals surface area contributed by atoms with E-state index in [9.17, 15) is 12.8 Å². The number of rotatable bonds is 5. The van der Waals surface area contributed by atoms with Crippen LogP contribution >= 0.6 is 0 Å². The molecule has 0 aliphatic carbocycles. The van der Waals surface area contributed by atoms with Gasteiger partial charge < -0.3 is 10.6 Å². The molecule has 0 saturated heterocycles. The van der Waals surface area contributed by atoms with Crippen LogP contribution in [0.5, 0.6) is 0 Å². The smallest absolute Gasteiger partial charge is 0.229 e. The summed E-state index contributed by atoms with van der Waals surface area (Å²) in [4.78, 5) is 7.75. The topological polar surface area (TPSA) is 110 Å². The molecule has 0 aliphatic rings. The van der Waals surface area contributed by atoms with Gasteiger partial charge in [-0.25, -0.2) is 22.9 Å². The molecule has 0 aliphatic heterocycles. The summed E-state index contributed by atoms with van der Waals surface area (Å²) in [6.45, 7) is 0. The molecule has 4 N–H and O–H groups in total. The summed E-state index contributed by atoms with van der Waals surface area (Å²) >= 11 is 0. The van der Waals surface area contributed by atoms with E-state index < -0.39 is 15.8 Å². The molecule has 1 heterocycles. The van der Waals surface area contributed by atoms with E-state index in [1.54, 1.807) is 31.3 Å². The number of nitrogens with two attached hydrogens (primary N) is 1. The van der Waals surface area contributed by atoms with Gasteiger partial charge in [-0.15, -0.1) is 0 Å². The van der Waals surface area contributed by atoms with Gasteiger partial charge in [-0.05, 0) is 17.7 Å². The maximum atomic E-state index is 13.3. The maximum Gasteiger partial charge on any atom is 0.229 e. The Kier molecular flexibility index (Phi) is 4.34. The molecule has 0 atom stereocenters. The van der Waals surface area contributed by atoms with E-state index in [0.717, 1.165) is 6.20 Å². The molecule has 9 heteroatoms. The van der Waals surface area contributed by atoms with Crippen molar-refractivity contribution in [2.45, 2.75) is 5.75 Å². The van der Waals surface area contributed by atoms with E-state index in [1.807, 2.05) is 0 Å². The Morgan fingerprint density at radius 3 is 2.81 bits per heavy atom. The second-order valence-corrected chi connectivity index (χ2v) is 5.89. The first kappa shape index (κ1) is 15.1. The lowest BCUT2D eigenvalue weighted by Crippen LogP contribution is -2.14. The van der Waals surface area contributed by atoms with E-state index in [1.165, 1.54) is 0 Å². The lowest BCUT2D eigenvalue weighted by atomic mass is 10.2. The van der Waals surface area contributed by atoms with Gasteiger partial charge in [0.2, 0.25) is 16.0 Å². The van der Waals surface area contributed by atoms with Gasteiger partial charge in [0.1, 0.15) is 0 Å². The Morgan fingerprint density at radius 1 is 1.38 bits per heavy atom. The van der Waals surface area contributed by atoms with Crippen molar-refractivity contribution in [3.63, 3.8) is 0 Å². The number of nitrogens with one attached hydrogen (secondary N) is 2. The van der Waals surface area contributed by atoms with Gasteiger partial charge in [0.25, 0.3) is 0 Å². The summed E-state index contributed by atoms with van der Waals surface area (Å²) < 4.78 is 35.4. The van der Waals surface area contributed by atoms with Crippen molar-refractivity contribution >= 4 is 27.5 Å². The summed E-state index contributed by atoms with van der Waals surface area (Å²) in [5.74, 6) is -0.582. The number of nitrogens with zero attached hydrogens (tertiary/aromatic N) is 2. The molecule has 0 bridgehead atoms. The summed E-state index contributed by atoms with van der Waals surface area (Å²) in [6.07, 6.45) is 1.04. The van der Waals surface area contributed by atoms with E-state index in [-0.39, 0.29) is 17.5 Å². The highest BCUT2D eigenvalue weighted by atomic mass is 32.2. The average molecular weight is 311 g/mol. The summed E-state index contributed by atoms with van der Waals surface area (Å²) in [6, 6.07) is 6.63. The van der Waals surface area contributed by atoms with E-state index in [2.05, 4.69) is 20.6 Å². The van der Waals surface area contributed by atoms with Gasteiger partial charge in [0.05, 0.1) is 11.9 Å². The zero-order valence-corrected chi connectivity index (χ0v) is 12.0. The average Bonchev–Trinajstić information content (AvgIpc) is 2.39. The molecular formula is C12H14FN5O2S. The van der Waals surface area contributed by atoms with Gasteiger partial charge in [-0.3, -0.25) is 0 Å². The number of hydrogen-bond acceptors (Lipinski definition) is 6. The fraction of sp³-hybridized carbons (Fsp3) is 0.167. The molecule has 0 amide bonds. The number of anilines is 3. The Bertz CT molecular complexity index is 751. The molecule has 1 aromatic carbocycles. The Balaban J connectivity index is 2.22. The predicted molar refractivity (Wildman–Crippen MR) is 78.1 cm³/mol. The lowest BCUT2D eigenvalue weighted by Gasteiger charge is -2.08. The third kappa shape index (κ3) is 4.36. The van der Waals surface area contributed by atoms with Gasteiger partial charge >= 0.3 is 0 Å². The van der Waals surface area contributed by atoms with Gasteiger partial charge in [-0.2, -0.15) is 4.98 Å².